The van der Waals surface area contributed by atoms with Gasteiger partial charge in [0.25, 0.3) is 11.6 Å². The van der Waals surface area contributed by atoms with Gasteiger partial charge in [-0.05, 0) is 42.8 Å². The molecule has 2 N–H and O–H groups in total. The van der Waals surface area contributed by atoms with Gasteiger partial charge in [0.05, 0.1) is 22.1 Å². The maximum atomic E-state index is 12.1. The van der Waals surface area contributed by atoms with Crippen molar-refractivity contribution >= 4 is 27.5 Å². The molecule has 1 rings (SSSR count). The number of carbonyl (C=O) groups excluding carboxylic acids is 1. The van der Waals surface area contributed by atoms with Crippen LogP contribution in [-0.4, -0.2) is 27.6 Å². The Kier molecular flexibility index (Phi) is 4.65. The molecular formula is C12H15BrN2O4. The van der Waals surface area contributed by atoms with Gasteiger partial charge in [0.1, 0.15) is 0 Å². The number of nitrogens with zero attached hydrogens (tertiary/aromatic N) is 1. The number of non-ortho nitro benzene ring substituents is 1. The summed E-state index contributed by atoms with van der Waals surface area (Å²) in [4.78, 5) is 22.2. The lowest BCUT2D eigenvalue weighted by Crippen LogP contribution is -2.51. The van der Waals surface area contributed by atoms with Gasteiger partial charge in [-0.15, -0.1) is 0 Å². The van der Waals surface area contributed by atoms with Gasteiger partial charge >= 0.3 is 0 Å². The Labute approximate surface area is 119 Å². The van der Waals surface area contributed by atoms with Crippen molar-refractivity contribution in [1.29, 1.82) is 0 Å². The highest BCUT2D eigenvalue weighted by Crippen LogP contribution is 2.23. The van der Waals surface area contributed by atoms with Crippen LogP contribution >= 0.6 is 15.9 Å². The summed E-state index contributed by atoms with van der Waals surface area (Å²) in [6, 6.07) is 3.95. The number of nitro groups is 1. The number of aliphatic hydroxyl groups excluding tert-OH is 1. The molecule has 1 unspecified atom stereocenters. The summed E-state index contributed by atoms with van der Waals surface area (Å²) in [5.41, 5.74) is -0.840. The van der Waals surface area contributed by atoms with E-state index >= 15 is 0 Å². The highest BCUT2D eigenvalue weighted by Gasteiger charge is 2.27. The fourth-order valence-corrected chi connectivity index (χ4v) is 1.69. The predicted molar refractivity (Wildman–Crippen MR) is 74.0 cm³/mol. The van der Waals surface area contributed by atoms with Crippen LogP contribution in [0.15, 0.2) is 22.7 Å². The topological polar surface area (TPSA) is 92.5 Å². The van der Waals surface area contributed by atoms with Gasteiger partial charge in [-0.25, -0.2) is 0 Å². The molecule has 7 heteroatoms. The number of nitro benzene ring substituents is 1. The maximum absolute atomic E-state index is 12.1. The van der Waals surface area contributed by atoms with E-state index in [4.69, 9.17) is 0 Å². The quantitative estimate of drug-likeness (QED) is 0.654. The number of carbonyl (C=O) groups is 1. The molecule has 104 valence electrons. The lowest BCUT2D eigenvalue weighted by molar-refractivity contribution is -0.384. The van der Waals surface area contributed by atoms with Crippen molar-refractivity contribution in [3.05, 3.63) is 38.3 Å². The second-order valence-corrected chi connectivity index (χ2v) is 5.63. The molecule has 1 aromatic rings. The molecule has 0 bridgehead atoms. The molecule has 0 aliphatic carbocycles. The molecule has 0 aliphatic heterocycles. The van der Waals surface area contributed by atoms with E-state index in [2.05, 4.69) is 21.2 Å². The van der Waals surface area contributed by atoms with E-state index in [-0.39, 0.29) is 11.3 Å². The predicted octanol–water partition coefficient (Wildman–Crippen LogP) is 2.25. The van der Waals surface area contributed by atoms with Gasteiger partial charge in [0.2, 0.25) is 0 Å². The van der Waals surface area contributed by atoms with Crippen LogP contribution in [0.2, 0.25) is 0 Å². The number of nitrogens with one attached hydrogen (secondary N) is 1. The zero-order valence-corrected chi connectivity index (χ0v) is 12.4. The van der Waals surface area contributed by atoms with Crippen molar-refractivity contribution in [2.45, 2.75) is 32.4 Å². The van der Waals surface area contributed by atoms with Crippen LogP contribution in [0.25, 0.3) is 0 Å². The van der Waals surface area contributed by atoms with Gasteiger partial charge in [0.15, 0.2) is 0 Å². The largest absolute Gasteiger partial charge is 0.391 e. The summed E-state index contributed by atoms with van der Waals surface area (Å²) in [7, 11) is 0. The summed E-state index contributed by atoms with van der Waals surface area (Å²) in [6.45, 7) is 4.89. The zero-order valence-electron chi connectivity index (χ0n) is 10.8. The lowest BCUT2D eigenvalue weighted by atomic mass is 9.98. The molecule has 0 fully saturated rings. The van der Waals surface area contributed by atoms with Crippen molar-refractivity contribution in [1.82, 2.24) is 5.32 Å². The number of benzene rings is 1. The average Bonchev–Trinajstić information content (AvgIpc) is 2.28. The first kappa shape index (κ1) is 15.6. The molecule has 0 aromatic heterocycles. The summed E-state index contributed by atoms with van der Waals surface area (Å²) in [6.07, 6.45) is -0.756. The van der Waals surface area contributed by atoms with E-state index in [0.717, 1.165) is 0 Å². The van der Waals surface area contributed by atoms with Gasteiger partial charge in [0, 0.05) is 16.6 Å². The Morgan fingerprint density at radius 3 is 2.58 bits per heavy atom. The molecule has 0 heterocycles. The highest BCUT2D eigenvalue weighted by atomic mass is 79.9. The van der Waals surface area contributed by atoms with Crippen LogP contribution < -0.4 is 5.32 Å². The summed E-state index contributed by atoms with van der Waals surface area (Å²) in [5.74, 6) is -0.485. The Hall–Kier alpha value is -1.47. The Morgan fingerprint density at radius 2 is 2.11 bits per heavy atom. The third-order valence-electron chi connectivity index (χ3n) is 2.89. The summed E-state index contributed by atoms with van der Waals surface area (Å²) in [5, 5.41) is 22.9. The lowest BCUT2D eigenvalue weighted by Gasteiger charge is -2.29. The normalized spacial score (nSPS) is 12.9. The minimum Gasteiger partial charge on any atom is -0.391 e. The van der Waals surface area contributed by atoms with Crippen LogP contribution in [0.3, 0.4) is 0 Å². The smallest absolute Gasteiger partial charge is 0.270 e. The molecular weight excluding hydrogens is 316 g/mol. The monoisotopic (exact) mass is 330 g/mol. The zero-order chi connectivity index (χ0) is 14.8. The molecule has 1 atom stereocenters. The number of rotatable bonds is 4. The third-order valence-corrected chi connectivity index (χ3v) is 3.58. The van der Waals surface area contributed by atoms with E-state index in [1.54, 1.807) is 20.8 Å². The van der Waals surface area contributed by atoms with Crippen LogP contribution in [0, 0.1) is 10.1 Å². The highest BCUT2D eigenvalue weighted by molar-refractivity contribution is 9.10. The third kappa shape index (κ3) is 3.74. The first-order valence-electron chi connectivity index (χ1n) is 5.59. The molecule has 19 heavy (non-hydrogen) atoms. The molecule has 0 aliphatic rings. The fourth-order valence-electron chi connectivity index (χ4n) is 1.27. The number of hydrogen-bond donors (Lipinski definition) is 2. The van der Waals surface area contributed by atoms with Crippen molar-refractivity contribution in [2.75, 3.05) is 0 Å². The Balaban J connectivity index is 3.06. The van der Waals surface area contributed by atoms with Crippen LogP contribution in [0.1, 0.15) is 31.1 Å². The van der Waals surface area contributed by atoms with E-state index in [9.17, 15) is 20.0 Å². The fraction of sp³-hybridized carbons (Fsp3) is 0.417. The number of hydrogen-bond acceptors (Lipinski definition) is 4. The second kappa shape index (κ2) is 5.66. The SMILES string of the molecule is CC(O)C(C)(C)NC(=O)c1cc([N+](=O)[O-])ccc1Br. The number of halogens is 1. The molecule has 1 aromatic carbocycles. The second-order valence-electron chi connectivity index (χ2n) is 4.77. The van der Waals surface area contributed by atoms with Gasteiger partial charge in [-0.2, -0.15) is 0 Å². The van der Waals surface area contributed by atoms with Crippen LogP contribution in [0.5, 0.6) is 0 Å². The van der Waals surface area contributed by atoms with Crippen molar-refractivity contribution in [2.24, 2.45) is 0 Å². The summed E-state index contributed by atoms with van der Waals surface area (Å²) < 4.78 is 0.456. The summed E-state index contributed by atoms with van der Waals surface area (Å²) >= 11 is 3.18. The molecule has 0 spiro atoms. The number of amides is 1. The Morgan fingerprint density at radius 1 is 1.53 bits per heavy atom. The van der Waals surface area contributed by atoms with Crippen molar-refractivity contribution < 1.29 is 14.8 Å². The van der Waals surface area contributed by atoms with E-state index in [1.807, 2.05) is 0 Å². The molecule has 1 amide bonds. The first-order valence-corrected chi connectivity index (χ1v) is 6.39. The molecule has 0 saturated heterocycles. The van der Waals surface area contributed by atoms with E-state index in [0.29, 0.717) is 4.47 Å². The van der Waals surface area contributed by atoms with Gasteiger partial charge < -0.3 is 10.4 Å². The molecule has 0 radical (unpaired) electrons. The Bertz CT molecular complexity index is 514. The maximum Gasteiger partial charge on any atom is 0.270 e. The van der Waals surface area contributed by atoms with E-state index < -0.39 is 22.5 Å². The average molecular weight is 331 g/mol. The molecule has 6 nitrogen and oxygen atoms in total. The van der Waals surface area contributed by atoms with Crippen LogP contribution in [-0.2, 0) is 0 Å². The first-order chi connectivity index (χ1) is 8.65. The molecule has 0 saturated carbocycles. The van der Waals surface area contributed by atoms with Gasteiger partial charge in [-0.3, -0.25) is 14.9 Å². The van der Waals surface area contributed by atoms with Crippen LogP contribution in [0.4, 0.5) is 5.69 Å². The van der Waals surface area contributed by atoms with E-state index in [1.165, 1.54) is 18.2 Å². The minimum atomic E-state index is -0.832. The van der Waals surface area contributed by atoms with Crippen molar-refractivity contribution in [3.8, 4) is 0 Å². The van der Waals surface area contributed by atoms with Crippen molar-refractivity contribution in [3.63, 3.8) is 0 Å². The standard InChI is InChI=1S/C12H15BrN2O4/c1-7(16)12(2,3)14-11(17)9-6-8(15(18)19)4-5-10(9)13/h4-7,16H,1-3H3,(H,14,17). The van der Waals surface area contributed by atoms with Gasteiger partial charge in [-0.1, -0.05) is 0 Å². The number of aliphatic hydroxyl groups is 1. The minimum absolute atomic E-state index is 0.155.